The molecule has 4 N–H and O–H groups in total. The molecule has 1 heterocycles. The lowest BCUT2D eigenvalue weighted by Crippen LogP contribution is -2.64. The average molecular weight is 389 g/mol. The summed E-state index contributed by atoms with van der Waals surface area (Å²) in [5, 5.41) is 31.9. The number of unbranched alkanes of at least 4 members (excludes halogenated alkanes) is 2. The average Bonchev–Trinajstić information content (AvgIpc) is 2.62. The molecule has 1 fully saturated rings. The third-order valence-corrected chi connectivity index (χ3v) is 5.22. The summed E-state index contributed by atoms with van der Waals surface area (Å²) in [6.45, 7) is 7.06. The summed E-state index contributed by atoms with van der Waals surface area (Å²) in [5.74, 6) is -0.127. The Morgan fingerprint density at radius 2 is 1.81 bits per heavy atom. The lowest BCUT2D eigenvalue weighted by atomic mass is 9.83. The van der Waals surface area contributed by atoms with E-state index in [1.54, 1.807) is 0 Å². The van der Waals surface area contributed by atoms with E-state index in [1.165, 1.54) is 6.92 Å². The fourth-order valence-corrected chi connectivity index (χ4v) is 2.91. The Morgan fingerprint density at radius 1 is 1.15 bits per heavy atom. The van der Waals surface area contributed by atoms with Crippen molar-refractivity contribution >= 4 is 11.7 Å². The third-order valence-electron chi connectivity index (χ3n) is 5.22. The number of hydrogen-bond donors (Lipinski definition) is 4. The normalized spacial score (nSPS) is 28.8. The molecule has 1 amide bonds. The van der Waals surface area contributed by atoms with E-state index in [0.29, 0.717) is 19.4 Å². The fraction of sp³-hybridized carbons (Fsp3) is 0.895. The van der Waals surface area contributed by atoms with Crippen molar-refractivity contribution in [2.24, 2.45) is 5.41 Å². The topological polar surface area (TPSA) is 125 Å². The van der Waals surface area contributed by atoms with Crippen LogP contribution in [-0.4, -0.2) is 70.9 Å². The number of amides is 1. The minimum absolute atomic E-state index is 0.259. The van der Waals surface area contributed by atoms with Crippen LogP contribution in [0.15, 0.2) is 0 Å². The second-order valence-corrected chi connectivity index (χ2v) is 7.78. The molecule has 1 aliphatic rings. The van der Waals surface area contributed by atoms with Gasteiger partial charge in [-0.2, -0.15) is 0 Å². The first-order valence-corrected chi connectivity index (χ1v) is 9.68. The first-order valence-electron chi connectivity index (χ1n) is 9.68. The maximum absolute atomic E-state index is 12.1. The molecule has 1 aliphatic heterocycles. The van der Waals surface area contributed by atoms with Gasteiger partial charge in [-0.05, 0) is 19.3 Å². The lowest BCUT2D eigenvalue weighted by Gasteiger charge is -2.42. The summed E-state index contributed by atoms with van der Waals surface area (Å²) in [7, 11) is 0. The molecule has 0 saturated carbocycles. The Morgan fingerprint density at radius 3 is 2.37 bits per heavy atom. The molecule has 0 radical (unpaired) electrons. The van der Waals surface area contributed by atoms with Crippen LogP contribution in [0.2, 0.25) is 0 Å². The Balaban J connectivity index is 2.43. The van der Waals surface area contributed by atoms with Gasteiger partial charge in [0.2, 0.25) is 5.91 Å². The Bertz CT molecular complexity index is 483. The predicted octanol–water partition coefficient (Wildman–Crippen LogP) is 0.512. The highest BCUT2D eigenvalue weighted by atomic mass is 16.7. The summed E-state index contributed by atoms with van der Waals surface area (Å²) in [6, 6.07) is -0.924. The number of hydrogen-bond acceptors (Lipinski definition) is 7. The van der Waals surface area contributed by atoms with Crippen LogP contribution in [-0.2, 0) is 19.1 Å². The maximum Gasteiger partial charge on any atom is 0.217 e. The van der Waals surface area contributed by atoms with Crippen molar-refractivity contribution in [3.05, 3.63) is 0 Å². The first-order chi connectivity index (χ1) is 12.6. The zero-order valence-electron chi connectivity index (χ0n) is 16.8. The van der Waals surface area contributed by atoms with Crippen LogP contribution in [0.3, 0.4) is 0 Å². The molecule has 0 aliphatic carbocycles. The van der Waals surface area contributed by atoms with Gasteiger partial charge in [0.15, 0.2) is 6.29 Å². The molecular formula is C19H35NO7. The number of Topliss-reactive ketones (excluding diaryl/α,β-unsaturated/α-hetero) is 1. The van der Waals surface area contributed by atoms with Crippen molar-refractivity contribution < 1.29 is 34.4 Å². The van der Waals surface area contributed by atoms with Crippen LogP contribution < -0.4 is 5.32 Å². The standard InChI is InChI=1S/C19H35NO7/c1-5-19(3,4)14(23)9-7-6-8-10-26-18-15(20-12(2)22)17(25)16(24)13(11-21)27-18/h13,15-18,21,24-25H,5-11H2,1-4H3,(H,20,22). The van der Waals surface area contributed by atoms with Gasteiger partial charge in [-0.3, -0.25) is 9.59 Å². The van der Waals surface area contributed by atoms with Gasteiger partial charge in [-0.25, -0.2) is 0 Å². The largest absolute Gasteiger partial charge is 0.394 e. The molecule has 0 aromatic rings. The molecular weight excluding hydrogens is 354 g/mol. The fourth-order valence-electron chi connectivity index (χ4n) is 2.91. The second kappa shape index (κ2) is 11.1. The summed E-state index contributed by atoms with van der Waals surface area (Å²) < 4.78 is 11.1. The lowest BCUT2D eigenvalue weighted by molar-refractivity contribution is -0.270. The second-order valence-electron chi connectivity index (χ2n) is 7.78. The van der Waals surface area contributed by atoms with Crippen molar-refractivity contribution in [2.75, 3.05) is 13.2 Å². The highest BCUT2D eigenvalue weighted by molar-refractivity contribution is 5.83. The Hall–Kier alpha value is -1.06. The quantitative estimate of drug-likeness (QED) is 0.379. The van der Waals surface area contributed by atoms with Gasteiger partial charge in [-0.1, -0.05) is 27.2 Å². The molecule has 158 valence electrons. The van der Waals surface area contributed by atoms with E-state index in [2.05, 4.69) is 5.32 Å². The first kappa shape index (κ1) is 24.0. The van der Waals surface area contributed by atoms with E-state index in [4.69, 9.17) is 9.47 Å². The van der Waals surface area contributed by atoms with Crippen molar-refractivity contribution in [2.45, 2.75) is 90.4 Å². The molecule has 0 spiro atoms. The van der Waals surface area contributed by atoms with Gasteiger partial charge in [-0.15, -0.1) is 0 Å². The summed E-state index contributed by atoms with van der Waals surface area (Å²) in [4.78, 5) is 23.4. The molecule has 1 saturated heterocycles. The Kier molecular flexibility index (Phi) is 9.83. The van der Waals surface area contributed by atoms with Crippen molar-refractivity contribution in [3.63, 3.8) is 0 Å². The molecule has 5 atom stereocenters. The van der Waals surface area contributed by atoms with Crippen LogP contribution in [0.5, 0.6) is 0 Å². The van der Waals surface area contributed by atoms with Crippen LogP contribution in [0.1, 0.15) is 59.8 Å². The van der Waals surface area contributed by atoms with Gasteiger partial charge in [0.25, 0.3) is 0 Å². The molecule has 8 heteroatoms. The number of ether oxygens (including phenoxy) is 2. The smallest absolute Gasteiger partial charge is 0.217 e. The molecule has 5 unspecified atom stereocenters. The van der Waals surface area contributed by atoms with Gasteiger partial charge in [0.1, 0.15) is 30.1 Å². The SMILES string of the molecule is CCC(C)(C)C(=O)CCCCCOC1OC(CO)C(O)C(O)C1NC(C)=O. The summed E-state index contributed by atoms with van der Waals surface area (Å²) in [5.41, 5.74) is -0.283. The molecule has 27 heavy (non-hydrogen) atoms. The van der Waals surface area contributed by atoms with E-state index < -0.39 is 37.3 Å². The third kappa shape index (κ3) is 7.12. The maximum atomic E-state index is 12.1. The van der Waals surface area contributed by atoms with Crippen molar-refractivity contribution in [1.29, 1.82) is 0 Å². The highest BCUT2D eigenvalue weighted by Gasteiger charge is 2.45. The number of ketones is 1. The van der Waals surface area contributed by atoms with Crippen molar-refractivity contribution in [3.8, 4) is 0 Å². The minimum atomic E-state index is -1.32. The van der Waals surface area contributed by atoms with Gasteiger partial charge < -0.3 is 30.1 Å². The highest BCUT2D eigenvalue weighted by Crippen LogP contribution is 2.24. The molecule has 0 aromatic heterocycles. The van der Waals surface area contributed by atoms with Crippen LogP contribution in [0.4, 0.5) is 0 Å². The number of rotatable bonds is 11. The van der Waals surface area contributed by atoms with Crippen LogP contribution >= 0.6 is 0 Å². The minimum Gasteiger partial charge on any atom is -0.394 e. The van der Waals surface area contributed by atoms with Gasteiger partial charge in [0, 0.05) is 25.4 Å². The number of aliphatic hydroxyl groups is 3. The van der Waals surface area contributed by atoms with E-state index in [9.17, 15) is 24.9 Å². The number of nitrogens with one attached hydrogen (secondary N) is 1. The number of carbonyl (C=O) groups excluding carboxylic acids is 2. The van der Waals surface area contributed by atoms with E-state index in [1.807, 2.05) is 20.8 Å². The van der Waals surface area contributed by atoms with E-state index in [-0.39, 0.29) is 17.1 Å². The zero-order valence-corrected chi connectivity index (χ0v) is 16.8. The van der Waals surface area contributed by atoms with Gasteiger partial charge >= 0.3 is 0 Å². The zero-order chi connectivity index (χ0) is 20.6. The summed E-state index contributed by atoms with van der Waals surface area (Å²) >= 11 is 0. The molecule has 1 rings (SSSR count). The molecule has 8 nitrogen and oxygen atoms in total. The van der Waals surface area contributed by atoms with Gasteiger partial charge in [0.05, 0.1) is 6.61 Å². The molecule has 0 aromatic carbocycles. The van der Waals surface area contributed by atoms with E-state index >= 15 is 0 Å². The predicted molar refractivity (Wildman–Crippen MR) is 98.9 cm³/mol. The molecule has 0 bridgehead atoms. The number of carbonyl (C=O) groups is 2. The Labute approximate surface area is 161 Å². The monoisotopic (exact) mass is 389 g/mol. The number of aliphatic hydroxyl groups excluding tert-OH is 3. The van der Waals surface area contributed by atoms with Crippen LogP contribution in [0.25, 0.3) is 0 Å². The van der Waals surface area contributed by atoms with E-state index in [0.717, 1.165) is 19.3 Å². The summed E-state index contributed by atoms with van der Waals surface area (Å²) in [6.07, 6.45) is -0.961. The van der Waals surface area contributed by atoms with Crippen LogP contribution in [0, 0.1) is 5.41 Å². The van der Waals surface area contributed by atoms with Crippen molar-refractivity contribution in [1.82, 2.24) is 5.32 Å².